The minimum atomic E-state index is -0.371. The standard InChI is InChI=1S/C34H32O7/c35-33(29-14-13-25-7-1-2-8-26(25)23-29)40-21-19-38-17-15-37-16-18-39-20-22-41-34(36)32-30-11-5-3-9-27(30)24-28-10-4-6-12-31(28)32/h1-14,23-24H,15-22H2. The maximum atomic E-state index is 13.0. The highest BCUT2D eigenvalue weighted by Gasteiger charge is 2.16. The second-order valence-corrected chi connectivity index (χ2v) is 9.36. The summed E-state index contributed by atoms with van der Waals surface area (Å²) in [7, 11) is 0. The van der Waals surface area contributed by atoms with Crippen molar-refractivity contribution in [3.8, 4) is 0 Å². The zero-order valence-corrected chi connectivity index (χ0v) is 22.8. The summed E-state index contributed by atoms with van der Waals surface area (Å²) in [6, 6.07) is 31.1. The number of carbonyl (C=O) groups is 2. The van der Waals surface area contributed by atoms with Crippen LogP contribution >= 0.6 is 0 Å². The minimum absolute atomic E-state index is 0.150. The molecule has 0 aliphatic heterocycles. The maximum absolute atomic E-state index is 13.0. The molecule has 0 N–H and O–H groups in total. The summed E-state index contributed by atoms with van der Waals surface area (Å²) in [5.41, 5.74) is 1.09. The Morgan fingerprint density at radius 1 is 0.439 bits per heavy atom. The lowest BCUT2D eigenvalue weighted by atomic mass is 9.97. The summed E-state index contributed by atoms with van der Waals surface area (Å²) in [5, 5.41) is 5.81. The van der Waals surface area contributed by atoms with E-state index in [2.05, 4.69) is 6.07 Å². The molecule has 7 heteroatoms. The Morgan fingerprint density at radius 3 is 1.49 bits per heavy atom. The van der Waals surface area contributed by atoms with Gasteiger partial charge in [0.25, 0.3) is 0 Å². The van der Waals surface area contributed by atoms with Crippen LogP contribution < -0.4 is 0 Å². The molecule has 41 heavy (non-hydrogen) atoms. The van der Waals surface area contributed by atoms with Crippen LogP contribution in [-0.2, 0) is 23.7 Å². The SMILES string of the molecule is O=C(OCCOCCOCCOCCOC(=O)c1c2ccccc2cc2ccccc12)c1ccc2ccccc2c1. The fraction of sp³-hybridized carbons (Fsp3) is 0.235. The first kappa shape index (κ1) is 28.2. The molecule has 0 radical (unpaired) electrons. The Hall–Kier alpha value is -4.30. The Balaban J connectivity index is 0.917. The smallest absolute Gasteiger partial charge is 0.339 e. The average molecular weight is 553 g/mol. The van der Waals surface area contributed by atoms with Gasteiger partial charge in [-0.3, -0.25) is 0 Å². The average Bonchev–Trinajstić information content (AvgIpc) is 3.01. The van der Waals surface area contributed by atoms with E-state index in [1.165, 1.54) is 0 Å². The van der Waals surface area contributed by atoms with Crippen molar-refractivity contribution in [2.75, 3.05) is 52.9 Å². The van der Waals surface area contributed by atoms with Crippen molar-refractivity contribution in [1.29, 1.82) is 0 Å². The molecule has 0 saturated heterocycles. The van der Waals surface area contributed by atoms with Crippen LogP contribution in [0.1, 0.15) is 20.7 Å². The van der Waals surface area contributed by atoms with Gasteiger partial charge in [0.15, 0.2) is 0 Å². The van der Waals surface area contributed by atoms with Gasteiger partial charge in [-0.2, -0.15) is 0 Å². The third kappa shape index (κ3) is 7.46. The van der Waals surface area contributed by atoms with Gasteiger partial charge in [-0.05, 0) is 50.5 Å². The summed E-state index contributed by atoms with van der Waals surface area (Å²) in [6.45, 7) is 2.42. The van der Waals surface area contributed by atoms with E-state index in [1.807, 2.05) is 84.9 Å². The van der Waals surface area contributed by atoms with Gasteiger partial charge in [-0.15, -0.1) is 0 Å². The Bertz CT molecular complexity index is 1570. The fourth-order valence-corrected chi connectivity index (χ4v) is 4.63. The predicted molar refractivity (Wildman–Crippen MR) is 158 cm³/mol. The first-order valence-electron chi connectivity index (χ1n) is 13.7. The third-order valence-corrected chi connectivity index (χ3v) is 6.63. The molecule has 0 aliphatic rings. The van der Waals surface area contributed by atoms with Crippen LogP contribution in [0.15, 0.2) is 97.1 Å². The van der Waals surface area contributed by atoms with Crippen molar-refractivity contribution in [2.24, 2.45) is 0 Å². The molecule has 0 heterocycles. The molecule has 5 aromatic carbocycles. The van der Waals surface area contributed by atoms with Crippen molar-refractivity contribution in [2.45, 2.75) is 0 Å². The summed E-state index contributed by atoms with van der Waals surface area (Å²) < 4.78 is 27.3. The monoisotopic (exact) mass is 552 g/mol. The zero-order chi connectivity index (χ0) is 28.3. The molecule has 5 aromatic rings. The normalized spacial score (nSPS) is 11.2. The van der Waals surface area contributed by atoms with E-state index in [4.69, 9.17) is 23.7 Å². The number of fused-ring (bicyclic) bond motifs is 3. The lowest BCUT2D eigenvalue weighted by Gasteiger charge is -2.12. The van der Waals surface area contributed by atoms with Crippen molar-refractivity contribution in [3.05, 3.63) is 108 Å². The van der Waals surface area contributed by atoms with E-state index >= 15 is 0 Å². The molecule has 0 bridgehead atoms. The van der Waals surface area contributed by atoms with Crippen LogP contribution in [0.5, 0.6) is 0 Å². The van der Waals surface area contributed by atoms with E-state index in [-0.39, 0.29) is 38.4 Å². The first-order chi connectivity index (χ1) is 20.2. The molecule has 0 saturated carbocycles. The lowest BCUT2D eigenvalue weighted by molar-refractivity contribution is -0.00668. The number of rotatable bonds is 14. The van der Waals surface area contributed by atoms with Gasteiger partial charge in [0.1, 0.15) is 13.2 Å². The third-order valence-electron chi connectivity index (χ3n) is 6.63. The van der Waals surface area contributed by atoms with Crippen LogP contribution in [-0.4, -0.2) is 64.8 Å². The molecule has 0 fully saturated rings. The highest BCUT2D eigenvalue weighted by atomic mass is 16.6. The van der Waals surface area contributed by atoms with Crippen molar-refractivity contribution in [3.63, 3.8) is 0 Å². The molecule has 210 valence electrons. The molecule has 0 amide bonds. The maximum Gasteiger partial charge on any atom is 0.339 e. The number of benzene rings is 5. The molecular weight excluding hydrogens is 520 g/mol. The number of hydrogen-bond donors (Lipinski definition) is 0. The second kappa shape index (κ2) is 14.4. The predicted octanol–water partition coefficient (Wildman–Crippen LogP) is 6.21. The second-order valence-electron chi connectivity index (χ2n) is 9.36. The molecular formula is C34H32O7. The van der Waals surface area contributed by atoms with Crippen LogP contribution in [0.2, 0.25) is 0 Å². The van der Waals surface area contributed by atoms with Crippen molar-refractivity contribution < 1.29 is 33.3 Å². The molecule has 0 aromatic heterocycles. The summed E-state index contributed by atoms with van der Waals surface area (Å²) in [4.78, 5) is 25.2. The lowest BCUT2D eigenvalue weighted by Crippen LogP contribution is -2.15. The van der Waals surface area contributed by atoms with Crippen molar-refractivity contribution in [1.82, 2.24) is 0 Å². The highest BCUT2D eigenvalue weighted by molar-refractivity contribution is 6.16. The topological polar surface area (TPSA) is 80.3 Å². The van der Waals surface area contributed by atoms with Crippen molar-refractivity contribution >= 4 is 44.3 Å². The minimum Gasteiger partial charge on any atom is -0.460 e. The molecule has 0 atom stereocenters. The molecule has 5 rings (SSSR count). The summed E-state index contributed by atoms with van der Waals surface area (Å²) in [5.74, 6) is -0.734. The summed E-state index contributed by atoms with van der Waals surface area (Å²) in [6.07, 6.45) is 0. The summed E-state index contributed by atoms with van der Waals surface area (Å²) >= 11 is 0. The van der Waals surface area contributed by atoms with E-state index in [9.17, 15) is 9.59 Å². The quantitative estimate of drug-likeness (QED) is 0.0921. The molecule has 7 nitrogen and oxygen atoms in total. The zero-order valence-electron chi connectivity index (χ0n) is 22.8. The number of hydrogen-bond acceptors (Lipinski definition) is 7. The van der Waals surface area contributed by atoms with E-state index in [1.54, 1.807) is 6.07 Å². The number of carbonyl (C=O) groups excluding carboxylic acids is 2. The Kier molecular flexibility index (Phi) is 9.89. The van der Waals surface area contributed by atoms with E-state index < -0.39 is 0 Å². The fourth-order valence-electron chi connectivity index (χ4n) is 4.63. The van der Waals surface area contributed by atoms with Gasteiger partial charge in [0, 0.05) is 0 Å². The number of ether oxygens (including phenoxy) is 5. The van der Waals surface area contributed by atoms with Crippen LogP contribution in [0.4, 0.5) is 0 Å². The Labute approximate surface area is 238 Å². The van der Waals surface area contributed by atoms with E-state index in [0.717, 1.165) is 32.3 Å². The molecule has 0 aliphatic carbocycles. The van der Waals surface area contributed by atoms with Crippen LogP contribution in [0.25, 0.3) is 32.3 Å². The first-order valence-corrected chi connectivity index (χ1v) is 13.7. The van der Waals surface area contributed by atoms with Gasteiger partial charge in [0.2, 0.25) is 0 Å². The van der Waals surface area contributed by atoms with Gasteiger partial charge in [-0.25, -0.2) is 9.59 Å². The van der Waals surface area contributed by atoms with E-state index in [0.29, 0.717) is 37.6 Å². The molecule has 0 unspecified atom stereocenters. The van der Waals surface area contributed by atoms with Crippen LogP contribution in [0.3, 0.4) is 0 Å². The Morgan fingerprint density at radius 2 is 0.902 bits per heavy atom. The van der Waals surface area contributed by atoms with Gasteiger partial charge < -0.3 is 23.7 Å². The van der Waals surface area contributed by atoms with Crippen LogP contribution in [0, 0.1) is 0 Å². The van der Waals surface area contributed by atoms with Gasteiger partial charge >= 0.3 is 11.9 Å². The highest BCUT2D eigenvalue weighted by Crippen LogP contribution is 2.29. The van der Waals surface area contributed by atoms with Gasteiger partial charge in [-0.1, -0.05) is 78.9 Å². The number of esters is 2. The molecule has 0 spiro atoms. The van der Waals surface area contributed by atoms with Gasteiger partial charge in [0.05, 0.1) is 50.8 Å². The largest absolute Gasteiger partial charge is 0.460 e.